The Labute approximate surface area is 121 Å². The molecule has 0 radical (unpaired) electrons. The van der Waals surface area contributed by atoms with Gasteiger partial charge in [-0.05, 0) is 43.0 Å². The first kappa shape index (κ1) is 14.8. The Bertz CT molecular complexity index is 516. The molecule has 0 nitrogen and oxygen atoms in total. The molecule has 0 bridgehead atoms. The first-order valence-corrected chi connectivity index (χ1v) is 7.44. The molecule has 20 heavy (non-hydrogen) atoms. The van der Waals surface area contributed by atoms with Gasteiger partial charge in [-0.2, -0.15) is 0 Å². The fourth-order valence-corrected chi connectivity index (χ4v) is 3.18. The summed E-state index contributed by atoms with van der Waals surface area (Å²) in [5.41, 5.74) is 2.09. The summed E-state index contributed by atoms with van der Waals surface area (Å²) in [6.07, 6.45) is 13.9. The average molecular weight is 270 g/mol. The van der Waals surface area contributed by atoms with E-state index >= 15 is 0 Å². The van der Waals surface area contributed by atoms with Gasteiger partial charge in [0.2, 0.25) is 0 Å². The SMILES string of the molecule is C=C(/C=C\C=C/C)C1(c2cccc(F)c2)CCCCC1. The van der Waals surface area contributed by atoms with E-state index in [-0.39, 0.29) is 11.2 Å². The van der Waals surface area contributed by atoms with Crippen LogP contribution in [0.5, 0.6) is 0 Å². The molecule has 0 saturated heterocycles. The molecule has 1 aromatic rings. The molecule has 1 heteroatoms. The molecule has 1 aromatic carbocycles. The van der Waals surface area contributed by atoms with Crippen LogP contribution in [0.2, 0.25) is 0 Å². The van der Waals surface area contributed by atoms with E-state index in [9.17, 15) is 4.39 Å². The van der Waals surface area contributed by atoms with Gasteiger partial charge in [0.15, 0.2) is 0 Å². The summed E-state index contributed by atoms with van der Waals surface area (Å²) in [6.45, 7) is 6.28. The average Bonchev–Trinajstić information content (AvgIpc) is 2.48. The van der Waals surface area contributed by atoms with Crippen molar-refractivity contribution < 1.29 is 4.39 Å². The molecule has 1 saturated carbocycles. The Morgan fingerprint density at radius 2 is 1.95 bits per heavy atom. The molecule has 0 N–H and O–H groups in total. The van der Waals surface area contributed by atoms with Crippen LogP contribution >= 0.6 is 0 Å². The number of allylic oxidation sites excluding steroid dienone is 5. The predicted octanol–water partition coefficient (Wildman–Crippen LogP) is 5.72. The van der Waals surface area contributed by atoms with Crippen molar-refractivity contribution in [1.82, 2.24) is 0 Å². The van der Waals surface area contributed by atoms with Crippen molar-refractivity contribution in [3.05, 3.63) is 72.1 Å². The third kappa shape index (κ3) is 3.09. The van der Waals surface area contributed by atoms with Crippen molar-refractivity contribution in [2.45, 2.75) is 44.4 Å². The zero-order valence-electron chi connectivity index (χ0n) is 12.2. The number of hydrogen-bond acceptors (Lipinski definition) is 0. The van der Waals surface area contributed by atoms with Crippen LogP contribution < -0.4 is 0 Å². The maximum Gasteiger partial charge on any atom is 0.123 e. The zero-order chi connectivity index (χ0) is 14.4. The van der Waals surface area contributed by atoms with Gasteiger partial charge in [-0.25, -0.2) is 4.39 Å². The van der Waals surface area contributed by atoms with Gasteiger partial charge < -0.3 is 0 Å². The Kier molecular flexibility index (Phi) is 4.94. The summed E-state index contributed by atoms with van der Waals surface area (Å²) in [7, 11) is 0. The van der Waals surface area contributed by atoms with E-state index < -0.39 is 0 Å². The number of benzene rings is 1. The molecule has 0 atom stereocenters. The van der Waals surface area contributed by atoms with Crippen molar-refractivity contribution in [3.8, 4) is 0 Å². The van der Waals surface area contributed by atoms with Crippen LogP contribution in [0.1, 0.15) is 44.6 Å². The molecule has 0 aromatic heterocycles. The standard InChI is InChI=1S/C19H23F/c1-3-4-6-10-16(2)19(13-7-5-8-14-19)17-11-9-12-18(20)15-17/h3-4,6,9-12,15H,2,5,7-8,13-14H2,1H3/b4-3-,10-6-. The van der Waals surface area contributed by atoms with Crippen LogP contribution in [-0.2, 0) is 5.41 Å². The first-order chi connectivity index (χ1) is 9.69. The highest BCUT2D eigenvalue weighted by Gasteiger charge is 2.35. The fraction of sp³-hybridized carbons (Fsp3) is 0.368. The van der Waals surface area contributed by atoms with Gasteiger partial charge in [-0.15, -0.1) is 0 Å². The van der Waals surface area contributed by atoms with Crippen molar-refractivity contribution >= 4 is 0 Å². The highest BCUT2D eigenvalue weighted by atomic mass is 19.1. The number of hydrogen-bond donors (Lipinski definition) is 0. The van der Waals surface area contributed by atoms with E-state index in [4.69, 9.17) is 0 Å². The van der Waals surface area contributed by atoms with Crippen LogP contribution in [0, 0.1) is 5.82 Å². The number of halogens is 1. The van der Waals surface area contributed by atoms with Crippen LogP contribution in [0.3, 0.4) is 0 Å². The summed E-state index contributed by atoms with van der Waals surface area (Å²) >= 11 is 0. The molecule has 1 fully saturated rings. The lowest BCUT2D eigenvalue weighted by molar-refractivity contribution is 0.345. The Morgan fingerprint density at radius 1 is 1.20 bits per heavy atom. The molecular formula is C19H23F. The van der Waals surface area contributed by atoms with E-state index in [1.54, 1.807) is 6.07 Å². The summed E-state index contributed by atoms with van der Waals surface area (Å²) in [5, 5.41) is 0. The van der Waals surface area contributed by atoms with Gasteiger partial charge in [0.1, 0.15) is 5.82 Å². The highest BCUT2D eigenvalue weighted by molar-refractivity contribution is 5.41. The summed E-state index contributed by atoms with van der Waals surface area (Å²) < 4.78 is 13.6. The normalized spacial score (nSPS) is 18.7. The second-order valence-electron chi connectivity index (χ2n) is 5.56. The number of rotatable bonds is 4. The van der Waals surface area contributed by atoms with Crippen LogP contribution in [-0.4, -0.2) is 0 Å². The first-order valence-electron chi connectivity index (χ1n) is 7.44. The van der Waals surface area contributed by atoms with E-state index in [2.05, 4.69) is 12.7 Å². The van der Waals surface area contributed by atoms with Gasteiger partial charge >= 0.3 is 0 Å². The minimum Gasteiger partial charge on any atom is -0.207 e. The molecule has 106 valence electrons. The monoisotopic (exact) mass is 270 g/mol. The van der Waals surface area contributed by atoms with Crippen molar-refractivity contribution in [3.63, 3.8) is 0 Å². The second kappa shape index (κ2) is 6.69. The second-order valence-corrected chi connectivity index (χ2v) is 5.56. The topological polar surface area (TPSA) is 0 Å². The molecular weight excluding hydrogens is 247 g/mol. The summed E-state index contributed by atoms with van der Waals surface area (Å²) in [6, 6.07) is 7.05. The highest BCUT2D eigenvalue weighted by Crippen LogP contribution is 2.45. The Morgan fingerprint density at radius 3 is 2.60 bits per heavy atom. The van der Waals surface area contributed by atoms with Gasteiger partial charge in [-0.1, -0.05) is 62.3 Å². The molecule has 1 aliphatic rings. The molecule has 0 spiro atoms. The summed E-state index contributed by atoms with van der Waals surface area (Å²) in [5.74, 6) is -0.155. The van der Waals surface area contributed by atoms with Crippen molar-refractivity contribution in [1.29, 1.82) is 0 Å². The van der Waals surface area contributed by atoms with Crippen LogP contribution in [0.25, 0.3) is 0 Å². The summed E-state index contributed by atoms with van der Waals surface area (Å²) in [4.78, 5) is 0. The Hall–Kier alpha value is -1.63. The molecule has 0 heterocycles. The van der Waals surface area contributed by atoms with Crippen molar-refractivity contribution in [2.24, 2.45) is 0 Å². The third-order valence-electron chi connectivity index (χ3n) is 4.30. The van der Waals surface area contributed by atoms with E-state index in [0.29, 0.717) is 0 Å². The predicted molar refractivity (Wildman–Crippen MR) is 84.3 cm³/mol. The smallest absolute Gasteiger partial charge is 0.123 e. The molecule has 0 aliphatic heterocycles. The lowest BCUT2D eigenvalue weighted by Gasteiger charge is -2.39. The molecule has 2 rings (SSSR count). The fourth-order valence-electron chi connectivity index (χ4n) is 3.18. The molecule has 1 aliphatic carbocycles. The third-order valence-corrected chi connectivity index (χ3v) is 4.30. The molecule has 0 amide bonds. The van der Waals surface area contributed by atoms with Gasteiger partial charge in [-0.3, -0.25) is 0 Å². The maximum atomic E-state index is 13.6. The zero-order valence-corrected chi connectivity index (χ0v) is 12.2. The van der Waals surface area contributed by atoms with Gasteiger partial charge in [0.05, 0.1) is 0 Å². The van der Waals surface area contributed by atoms with E-state index in [1.165, 1.54) is 25.3 Å². The van der Waals surface area contributed by atoms with Gasteiger partial charge in [0, 0.05) is 5.41 Å². The maximum absolute atomic E-state index is 13.6. The van der Waals surface area contributed by atoms with Crippen LogP contribution in [0.4, 0.5) is 4.39 Å². The van der Waals surface area contributed by atoms with Gasteiger partial charge in [0.25, 0.3) is 0 Å². The lowest BCUT2D eigenvalue weighted by atomic mass is 9.65. The Balaban J connectivity index is 2.37. The van der Waals surface area contributed by atoms with E-state index in [0.717, 1.165) is 24.0 Å². The lowest BCUT2D eigenvalue weighted by Crippen LogP contribution is -2.30. The van der Waals surface area contributed by atoms with Crippen LogP contribution in [0.15, 0.2) is 60.7 Å². The largest absolute Gasteiger partial charge is 0.207 e. The minimum atomic E-state index is -0.155. The minimum absolute atomic E-state index is 0.0849. The molecule has 0 unspecified atom stereocenters. The van der Waals surface area contributed by atoms with Crippen molar-refractivity contribution in [2.75, 3.05) is 0 Å². The van der Waals surface area contributed by atoms with E-state index in [1.807, 2.05) is 37.3 Å². The quantitative estimate of drug-likeness (QED) is 0.614.